The lowest BCUT2D eigenvalue weighted by Crippen LogP contribution is -2.32. The van der Waals surface area contributed by atoms with E-state index < -0.39 is 23.8 Å². The van der Waals surface area contributed by atoms with E-state index in [1.165, 1.54) is 6.07 Å². The minimum atomic E-state index is -1.13. The van der Waals surface area contributed by atoms with E-state index in [2.05, 4.69) is 10.6 Å². The molecule has 0 radical (unpaired) electrons. The van der Waals surface area contributed by atoms with Gasteiger partial charge in [0.1, 0.15) is 0 Å². The molecule has 0 aliphatic carbocycles. The van der Waals surface area contributed by atoms with Crippen LogP contribution in [-0.2, 0) is 0 Å². The maximum absolute atomic E-state index is 13.2. The maximum Gasteiger partial charge on any atom is 0.319 e. The van der Waals surface area contributed by atoms with Gasteiger partial charge in [-0.25, -0.2) is 13.6 Å². The molecule has 2 rings (SSSR count). The Kier molecular flexibility index (Phi) is 5.51. The molecule has 3 N–H and O–H groups in total. The van der Waals surface area contributed by atoms with E-state index >= 15 is 0 Å². The van der Waals surface area contributed by atoms with Crippen LogP contribution in [-0.4, -0.2) is 17.7 Å². The van der Waals surface area contributed by atoms with Gasteiger partial charge in [-0.05, 0) is 49.6 Å². The number of aryl methyl sites for hydroxylation is 3. The highest BCUT2D eigenvalue weighted by Crippen LogP contribution is 2.22. The van der Waals surface area contributed by atoms with Gasteiger partial charge in [-0.1, -0.05) is 23.8 Å². The largest absolute Gasteiger partial charge is 0.387 e. The number of hydrogen-bond donors (Lipinski definition) is 3. The van der Waals surface area contributed by atoms with Crippen molar-refractivity contribution in [1.29, 1.82) is 0 Å². The summed E-state index contributed by atoms with van der Waals surface area (Å²) in [5.41, 5.74) is 3.87. The summed E-state index contributed by atoms with van der Waals surface area (Å²) < 4.78 is 26.0. The van der Waals surface area contributed by atoms with E-state index in [9.17, 15) is 18.7 Å². The van der Waals surface area contributed by atoms with Crippen LogP contribution in [0.15, 0.2) is 30.3 Å². The number of benzene rings is 2. The molecule has 0 bridgehead atoms. The van der Waals surface area contributed by atoms with Gasteiger partial charge in [0.25, 0.3) is 0 Å². The zero-order valence-corrected chi connectivity index (χ0v) is 13.8. The first-order valence-corrected chi connectivity index (χ1v) is 7.53. The first-order valence-electron chi connectivity index (χ1n) is 7.53. The van der Waals surface area contributed by atoms with Gasteiger partial charge in [0.05, 0.1) is 6.10 Å². The van der Waals surface area contributed by atoms with Crippen molar-refractivity contribution in [3.05, 3.63) is 64.2 Å². The van der Waals surface area contributed by atoms with Gasteiger partial charge < -0.3 is 15.7 Å². The third kappa shape index (κ3) is 4.29. The molecule has 128 valence electrons. The topological polar surface area (TPSA) is 61.4 Å². The van der Waals surface area contributed by atoms with Crippen molar-refractivity contribution in [2.24, 2.45) is 0 Å². The number of hydrogen-bond acceptors (Lipinski definition) is 2. The number of aliphatic hydroxyl groups is 1. The summed E-state index contributed by atoms with van der Waals surface area (Å²) in [7, 11) is 0. The second-order valence-electron chi connectivity index (χ2n) is 5.80. The first kappa shape index (κ1) is 17.9. The second kappa shape index (κ2) is 7.40. The van der Waals surface area contributed by atoms with Crippen molar-refractivity contribution < 1.29 is 18.7 Å². The number of rotatable bonds is 4. The lowest BCUT2D eigenvalue weighted by molar-refractivity contribution is 0.174. The van der Waals surface area contributed by atoms with Gasteiger partial charge in [-0.2, -0.15) is 0 Å². The third-order valence-electron chi connectivity index (χ3n) is 3.70. The van der Waals surface area contributed by atoms with Gasteiger partial charge in [-0.3, -0.25) is 0 Å². The Bertz CT molecular complexity index is 740. The average Bonchev–Trinajstić information content (AvgIpc) is 2.51. The van der Waals surface area contributed by atoms with Crippen LogP contribution < -0.4 is 10.6 Å². The highest BCUT2D eigenvalue weighted by atomic mass is 19.2. The van der Waals surface area contributed by atoms with Crippen LogP contribution in [0.4, 0.5) is 19.3 Å². The number of halogens is 2. The van der Waals surface area contributed by atoms with E-state index in [0.717, 1.165) is 28.8 Å². The third-order valence-corrected chi connectivity index (χ3v) is 3.70. The minimum absolute atomic E-state index is 0.124. The van der Waals surface area contributed by atoms with Crippen LogP contribution in [0.1, 0.15) is 28.4 Å². The Labute approximate surface area is 139 Å². The molecule has 1 atom stereocenters. The minimum Gasteiger partial charge on any atom is -0.387 e. The van der Waals surface area contributed by atoms with E-state index in [1.807, 2.05) is 32.9 Å². The predicted octanol–water partition coefficient (Wildman–Crippen LogP) is 3.75. The zero-order valence-electron chi connectivity index (χ0n) is 13.8. The fraction of sp³-hybridized carbons (Fsp3) is 0.278. The second-order valence-corrected chi connectivity index (χ2v) is 5.80. The SMILES string of the molecule is Cc1cc(C)c(NC(=O)NC[C@@H](O)c2ccc(F)c(F)c2)c(C)c1. The monoisotopic (exact) mass is 334 g/mol. The van der Waals surface area contributed by atoms with Gasteiger partial charge in [0.15, 0.2) is 11.6 Å². The summed E-state index contributed by atoms with van der Waals surface area (Å²) in [5, 5.41) is 15.2. The normalized spacial score (nSPS) is 11.9. The van der Waals surface area contributed by atoms with Crippen LogP contribution in [0.5, 0.6) is 0 Å². The summed E-state index contributed by atoms with van der Waals surface area (Å²) in [6, 6.07) is 6.56. The lowest BCUT2D eigenvalue weighted by Gasteiger charge is -2.16. The fourth-order valence-corrected chi connectivity index (χ4v) is 2.56. The molecule has 0 spiro atoms. The Balaban J connectivity index is 1.97. The smallest absolute Gasteiger partial charge is 0.319 e. The highest BCUT2D eigenvalue weighted by molar-refractivity contribution is 5.91. The first-order chi connectivity index (χ1) is 11.3. The molecule has 0 aliphatic heterocycles. The Hall–Kier alpha value is -2.47. The van der Waals surface area contributed by atoms with Crippen molar-refractivity contribution in [2.75, 3.05) is 11.9 Å². The number of urea groups is 1. The van der Waals surface area contributed by atoms with E-state index in [0.29, 0.717) is 5.69 Å². The molecule has 0 aromatic heterocycles. The fourth-order valence-electron chi connectivity index (χ4n) is 2.56. The number of anilines is 1. The number of nitrogens with one attached hydrogen (secondary N) is 2. The molecular formula is C18H20F2N2O2. The molecule has 2 aromatic carbocycles. The standard InChI is InChI=1S/C18H20F2N2O2/c1-10-6-11(2)17(12(3)7-10)22-18(24)21-9-16(23)13-4-5-14(19)15(20)8-13/h4-8,16,23H,9H2,1-3H3,(H2,21,22,24)/t16-/m1/s1. The van der Waals surface area contributed by atoms with Gasteiger partial charge in [0.2, 0.25) is 0 Å². The Morgan fingerprint density at radius 2 is 1.71 bits per heavy atom. The predicted molar refractivity (Wildman–Crippen MR) is 89.0 cm³/mol. The van der Waals surface area contributed by atoms with Crippen LogP contribution in [0.3, 0.4) is 0 Å². The van der Waals surface area contributed by atoms with Crippen LogP contribution in [0.2, 0.25) is 0 Å². The van der Waals surface area contributed by atoms with Gasteiger partial charge >= 0.3 is 6.03 Å². The molecule has 24 heavy (non-hydrogen) atoms. The molecule has 0 heterocycles. The molecule has 0 saturated carbocycles. The number of carbonyl (C=O) groups excluding carboxylic acids is 1. The molecule has 0 aliphatic rings. The zero-order chi connectivity index (χ0) is 17.9. The summed E-state index contributed by atoms with van der Waals surface area (Å²) in [5.74, 6) is -2.02. The number of carbonyl (C=O) groups is 1. The van der Waals surface area contributed by atoms with E-state index in [4.69, 9.17) is 0 Å². The molecule has 4 nitrogen and oxygen atoms in total. The Morgan fingerprint density at radius 3 is 2.29 bits per heavy atom. The van der Waals surface area contributed by atoms with Gasteiger partial charge in [-0.15, -0.1) is 0 Å². The molecule has 2 amide bonds. The lowest BCUT2D eigenvalue weighted by atomic mass is 10.1. The van der Waals surface area contributed by atoms with E-state index in [-0.39, 0.29) is 12.1 Å². The van der Waals surface area contributed by atoms with Gasteiger partial charge in [0, 0.05) is 12.2 Å². The number of amides is 2. The van der Waals surface area contributed by atoms with Crippen LogP contribution >= 0.6 is 0 Å². The quantitative estimate of drug-likeness (QED) is 0.797. The van der Waals surface area contributed by atoms with E-state index in [1.54, 1.807) is 0 Å². The molecule has 0 unspecified atom stereocenters. The van der Waals surface area contributed by atoms with Crippen LogP contribution in [0, 0.1) is 32.4 Å². The molecule has 2 aromatic rings. The summed E-state index contributed by atoms with van der Waals surface area (Å²) in [6.07, 6.45) is -1.13. The van der Waals surface area contributed by atoms with Crippen molar-refractivity contribution in [3.63, 3.8) is 0 Å². The highest BCUT2D eigenvalue weighted by Gasteiger charge is 2.13. The van der Waals surface area contributed by atoms with Crippen molar-refractivity contribution >= 4 is 11.7 Å². The van der Waals surface area contributed by atoms with Crippen LogP contribution in [0.25, 0.3) is 0 Å². The molecule has 6 heteroatoms. The summed E-state index contributed by atoms with van der Waals surface area (Å²) >= 11 is 0. The number of aliphatic hydroxyl groups excluding tert-OH is 1. The summed E-state index contributed by atoms with van der Waals surface area (Å²) in [6.45, 7) is 5.64. The van der Waals surface area contributed by atoms with Crippen molar-refractivity contribution in [1.82, 2.24) is 5.32 Å². The molecular weight excluding hydrogens is 314 g/mol. The van der Waals surface area contributed by atoms with Crippen molar-refractivity contribution in [2.45, 2.75) is 26.9 Å². The Morgan fingerprint density at radius 1 is 1.08 bits per heavy atom. The summed E-state index contributed by atoms with van der Waals surface area (Å²) in [4.78, 5) is 12.0. The molecule has 0 fully saturated rings. The maximum atomic E-state index is 13.2. The average molecular weight is 334 g/mol. The molecule has 0 saturated heterocycles. The van der Waals surface area contributed by atoms with Crippen molar-refractivity contribution in [3.8, 4) is 0 Å².